The van der Waals surface area contributed by atoms with Gasteiger partial charge in [0.25, 0.3) is 5.91 Å². The Labute approximate surface area is 179 Å². The minimum absolute atomic E-state index is 0.271. The summed E-state index contributed by atoms with van der Waals surface area (Å²) in [5.74, 6) is 0.106. The third kappa shape index (κ3) is 4.78. The predicted octanol–water partition coefficient (Wildman–Crippen LogP) is 4.05. The molecule has 6 nitrogen and oxygen atoms in total. The number of methoxy groups -OCH3 is 1. The van der Waals surface area contributed by atoms with Crippen LogP contribution in [-0.2, 0) is 6.42 Å². The number of ether oxygens (including phenoxy) is 1. The van der Waals surface area contributed by atoms with Gasteiger partial charge in [0.05, 0.1) is 18.5 Å². The fraction of sp³-hybridized carbons (Fsp3) is 0.125. The van der Waals surface area contributed by atoms with Crippen LogP contribution in [0.1, 0.15) is 16.2 Å². The van der Waals surface area contributed by atoms with Crippen LogP contribution in [0.3, 0.4) is 0 Å². The lowest BCUT2D eigenvalue weighted by Gasteiger charge is -2.08. The minimum atomic E-state index is -0.354. The summed E-state index contributed by atoms with van der Waals surface area (Å²) in [6.45, 7) is 0.433. The van der Waals surface area contributed by atoms with E-state index in [2.05, 4.69) is 15.4 Å². The highest BCUT2D eigenvalue weighted by Crippen LogP contribution is 2.24. The van der Waals surface area contributed by atoms with Crippen LogP contribution < -0.4 is 10.1 Å². The van der Waals surface area contributed by atoms with E-state index in [0.717, 1.165) is 17.0 Å². The molecule has 0 spiro atoms. The third-order valence-corrected chi connectivity index (χ3v) is 4.79. The highest BCUT2D eigenvalue weighted by atomic mass is 19.1. The van der Waals surface area contributed by atoms with Gasteiger partial charge in [-0.15, -0.1) is 0 Å². The molecule has 156 valence electrons. The lowest BCUT2D eigenvalue weighted by Crippen LogP contribution is -2.28. The average molecular weight is 416 g/mol. The second-order valence-electron chi connectivity index (χ2n) is 6.86. The maximum atomic E-state index is 13.4. The topological polar surface area (TPSA) is 69.0 Å². The van der Waals surface area contributed by atoms with Crippen LogP contribution >= 0.6 is 0 Å². The molecule has 7 heteroatoms. The van der Waals surface area contributed by atoms with Crippen LogP contribution in [0.2, 0.25) is 0 Å². The van der Waals surface area contributed by atoms with Crippen LogP contribution in [-0.4, -0.2) is 34.3 Å². The Balaban J connectivity index is 1.61. The maximum Gasteiger partial charge on any atom is 0.270 e. The molecule has 1 N–H and O–H groups in total. The zero-order chi connectivity index (χ0) is 21.6. The zero-order valence-corrected chi connectivity index (χ0v) is 17.0. The molecule has 2 aromatic carbocycles. The summed E-state index contributed by atoms with van der Waals surface area (Å²) in [7, 11) is 1.60. The largest absolute Gasteiger partial charge is 0.497 e. The normalized spacial score (nSPS) is 10.6. The Morgan fingerprint density at radius 2 is 1.84 bits per heavy atom. The molecule has 2 aromatic heterocycles. The minimum Gasteiger partial charge on any atom is -0.497 e. The molecule has 31 heavy (non-hydrogen) atoms. The van der Waals surface area contributed by atoms with Crippen LogP contribution in [0.25, 0.3) is 16.9 Å². The van der Waals surface area contributed by atoms with Gasteiger partial charge in [-0.25, -0.2) is 9.07 Å². The van der Waals surface area contributed by atoms with Crippen molar-refractivity contribution in [1.82, 2.24) is 20.1 Å². The van der Waals surface area contributed by atoms with E-state index in [1.165, 1.54) is 16.8 Å². The second-order valence-corrected chi connectivity index (χ2v) is 6.86. The number of carbonyl (C=O) groups excluding carboxylic acids is 1. The van der Waals surface area contributed by atoms with Gasteiger partial charge in [0.15, 0.2) is 0 Å². The van der Waals surface area contributed by atoms with Gasteiger partial charge in [-0.1, -0.05) is 6.07 Å². The van der Waals surface area contributed by atoms with E-state index >= 15 is 0 Å². The number of benzene rings is 2. The lowest BCUT2D eigenvalue weighted by molar-refractivity contribution is 0.0946. The molecule has 0 radical (unpaired) electrons. The molecule has 0 bridgehead atoms. The number of rotatable bonds is 7. The van der Waals surface area contributed by atoms with Gasteiger partial charge in [0, 0.05) is 30.4 Å². The van der Waals surface area contributed by atoms with Crippen molar-refractivity contribution in [2.24, 2.45) is 0 Å². The Morgan fingerprint density at radius 3 is 2.52 bits per heavy atom. The van der Waals surface area contributed by atoms with Crippen molar-refractivity contribution in [2.75, 3.05) is 13.7 Å². The first kappa shape index (κ1) is 20.3. The Bertz CT molecular complexity index is 1160. The fourth-order valence-electron chi connectivity index (χ4n) is 3.17. The molecule has 4 rings (SSSR count). The first-order chi connectivity index (χ1) is 15.1. The first-order valence-electron chi connectivity index (χ1n) is 9.82. The zero-order valence-electron chi connectivity index (χ0n) is 17.0. The number of nitrogens with one attached hydrogen (secondary N) is 1. The molecular weight excluding hydrogens is 395 g/mol. The van der Waals surface area contributed by atoms with E-state index in [1.54, 1.807) is 31.5 Å². The smallest absolute Gasteiger partial charge is 0.270 e. The van der Waals surface area contributed by atoms with E-state index in [0.29, 0.717) is 30.0 Å². The van der Waals surface area contributed by atoms with Gasteiger partial charge in [-0.3, -0.25) is 9.78 Å². The van der Waals surface area contributed by atoms with Crippen molar-refractivity contribution in [3.63, 3.8) is 0 Å². The summed E-state index contributed by atoms with van der Waals surface area (Å²) in [5, 5.41) is 7.52. The molecule has 0 saturated heterocycles. The lowest BCUT2D eigenvalue weighted by atomic mass is 10.1. The van der Waals surface area contributed by atoms with Crippen molar-refractivity contribution < 1.29 is 13.9 Å². The van der Waals surface area contributed by atoms with E-state index in [1.807, 2.05) is 42.5 Å². The van der Waals surface area contributed by atoms with Gasteiger partial charge >= 0.3 is 0 Å². The van der Waals surface area contributed by atoms with E-state index < -0.39 is 0 Å². The molecule has 0 saturated carbocycles. The number of hydrogen-bond acceptors (Lipinski definition) is 4. The number of halogens is 1. The average Bonchev–Trinajstić information content (AvgIpc) is 3.26. The SMILES string of the molecule is COc1ccc(-c2cc(C(=O)NCCc3ccccn3)n(-c3ccc(F)cc3)n2)cc1. The molecule has 1 amide bonds. The molecule has 0 aliphatic carbocycles. The fourth-order valence-corrected chi connectivity index (χ4v) is 3.17. The van der Waals surface area contributed by atoms with Crippen molar-refractivity contribution in [1.29, 1.82) is 0 Å². The van der Waals surface area contributed by atoms with Gasteiger partial charge in [-0.2, -0.15) is 5.10 Å². The van der Waals surface area contributed by atoms with E-state index in [-0.39, 0.29) is 11.7 Å². The standard InChI is InChI=1S/C24H21FN4O2/c1-31-21-11-5-17(6-12-21)22-16-23(29(28-22)20-9-7-18(25)8-10-20)24(30)27-15-13-19-4-2-3-14-26-19/h2-12,14,16H,13,15H2,1H3,(H,27,30). The number of nitrogens with zero attached hydrogens (tertiary/aromatic N) is 3. The number of amides is 1. The monoisotopic (exact) mass is 416 g/mol. The quantitative estimate of drug-likeness (QED) is 0.493. The van der Waals surface area contributed by atoms with Crippen LogP contribution in [0, 0.1) is 5.82 Å². The van der Waals surface area contributed by atoms with Crippen LogP contribution in [0.5, 0.6) is 5.75 Å². The third-order valence-electron chi connectivity index (χ3n) is 4.79. The molecule has 4 aromatic rings. The summed E-state index contributed by atoms with van der Waals surface area (Å²) in [6.07, 6.45) is 2.34. The van der Waals surface area contributed by atoms with Crippen molar-refractivity contribution in [3.8, 4) is 22.7 Å². The predicted molar refractivity (Wildman–Crippen MR) is 116 cm³/mol. The van der Waals surface area contributed by atoms with Crippen LogP contribution in [0.4, 0.5) is 4.39 Å². The Morgan fingerprint density at radius 1 is 1.06 bits per heavy atom. The summed E-state index contributed by atoms with van der Waals surface area (Å²) < 4.78 is 20.1. The number of pyridine rings is 1. The second kappa shape index (κ2) is 9.21. The van der Waals surface area contributed by atoms with E-state index in [4.69, 9.17) is 4.74 Å². The molecule has 0 fully saturated rings. The van der Waals surface area contributed by atoms with Crippen LogP contribution in [0.15, 0.2) is 79.0 Å². The maximum absolute atomic E-state index is 13.4. The molecule has 0 aliphatic rings. The summed E-state index contributed by atoms with van der Waals surface area (Å²) in [4.78, 5) is 17.2. The molecule has 0 unspecified atom stereocenters. The summed E-state index contributed by atoms with van der Waals surface area (Å²) >= 11 is 0. The van der Waals surface area contributed by atoms with Gasteiger partial charge in [0.2, 0.25) is 0 Å². The number of carbonyl (C=O) groups is 1. The van der Waals surface area contributed by atoms with Gasteiger partial charge in [0.1, 0.15) is 17.3 Å². The Kier molecular flexibility index (Phi) is 6.03. The molecular formula is C24H21FN4O2. The Hall–Kier alpha value is -4.00. The number of aromatic nitrogens is 3. The first-order valence-corrected chi connectivity index (χ1v) is 9.82. The number of hydrogen-bond donors (Lipinski definition) is 1. The molecule has 0 aliphatic heterocycles. The van der Waals surface area contributed by atoms with Gasteiger partial charge < -0.3 is 10.1 Å². The van der Waals surface area contributed by atoms with E-state index in [9.17, 15) is 9.18 Å². The van der Waals surface area contributed by atoms with Gasteiger partial charge in [-0.05, 0) is 66.7 Å². The highest BCUT2D eigenvalue weighted by Gasteiger charge is 2.18. The van der Waals surface area contributed by atoms with Crippen molar-refractivity contribution in [2.45, 2.75) is 6.42 Å². The summed E-state index contributed by atoms with van der Waals surface area (Å²) in [6, 6.07) is 20.7. The molecule has 2 heterocycles. The molecule has 0 atom stereocenters. The summed E-state index contributed by atoms with van der Waals surface area (Å²) in [5.41, 5.74) is 3.31. The van der Waals surface area contributed by atoms with Crippen molar-refractivity contribution in [3.05, 3.63) is 96.2 Å². The van der Waals surface area contributed by atoms with Crippen molar-refractivity contribution >= 4 is 5.91 Å². The highest BCUT2D eigenvalue weighted by molar-refractivity contribution is 5.94.